The summed E-state index contributed by atoms with van der Waals surface area (Å²) in [6.45, 7) is 4.58. The predicted octanol–water partition coefficient (Wildman–Crippen LogP) is 4.26. The third-order valence-corrected chi connectivity index (χ3v) is 4.43. The molecule has 0 aliphatic heterocycles. The van der Waals surface area contributed by atoms with Gasteiger partial charge in [0.25, 0.3) is 0 Å². The topological polar surface area (TPSA) is 47.6 Å². The lowest BCUT2D eigenvalue weighted by molar-refractivity contribution is -0.157. The molecule has 0 aromatic heterocycles. The third-order valence-electron chi connectivity index (χ3n) is 4.43. The van der Waals surface area contributed by atoms with Crippen molar-refractivity contribution in [1.29, 1.82) is 0 Å². The van der Waals surface area contributed by atoms with Crippen molar-refractivity contribution < 1.29 is 14.3 Å². The molecular formula is C22H29NO3. The molecule has 2 aromatic rings. The summed E-state index contributed by atoms with van der Waals surface area (Å²) in [5, 5.41) is 3.56. The van der Waals surface area contributed by atoms with E-state index in [4.69, 9.17) is 9.47 Å². The second kappa shape index (κ2) is 10.7. The van der Waals surface area contributed by atoms with Gasteiger partial charge in [0.15, 0.2) is 6.10 Å². The Balaban J connectivity index is 2.10. The number of carbonyl (C=O) groups is 1. The molecule has 0 aliphatic rings. The number of benzene rings is 2. The minimum Gasteiger partial charge on any atom is -0.467 e. The van der Waals surface area contributed by atoms with E-state index >= 15 is 0 Å². The van der Waals surface area contributed by atoms with E-state index in [-0.39, 0.29) is 18.1 Å². The summed E-state index contributed by atoms with van der Waals surface area (Å²) in [6.07, 6.45) is 1.12. The Morgan fingerprint density at radius 1 is 1.04 bits per heavy atom. The van der Waals surface area contributed by atoms with Crippen molar-refractivity contribution in [3.8, 4) is 0 Å². The van der Waals surface area contributed by atoms with Crippen LogP contribution in [0.3, 0.4) is 0 Å². The maximum atomic E-state index is 12.4. The van der Waals surface area contributed by atoms with E-state index in [0.29, 0.717) is 6.61 Å². The molecule has 0 amide bonds. The van der Waals surface area contributed by atoms with Crippen LogP contribution in [0.25, 0.3) is 0 Å². The summed E-state index contributed by atoms with van der Waals surface area (Å²) in [4.78, 5) is 12.4. The Morgan fingerprint density at radius 3 is 2.23 bits per heavy atom. The number of carbonyl (C=O) groups excluding carboxylic acids is 1. The zero-order valence-electron chi connectivity index (χ0n) is 15.9. The molecule has 0 fully saturated rings. The molecule has 0 saturated heterocycles. The Bertz CT molecular complexity index is 645. The molecule has 4 nitrogen and oxygen atoms in total. The first-order valence-corrected chi connectivity index (χ1v) is 9.20. The van der Waals surface area contributed by atoms with Gasteiger partial charge in [-0.1, -0.05) is 74.0 Å². The quantitative estimate of drug-likeness (QED) is 0.647. The fraction of sp³-hybridized carbons (Fsp3) is 0.409. The van der Waals surface area contributed by atoms with Crippen molar-refractivity contribution in [1.82, 2.24) is 5.32 Å². The van der Waals surface area contributed by atoms with Crippen LogP contribution in [-0.2, 0) is 20.9 Å². The van der Waals surface area contributed by atoms with Gasteiger partial charge in [-0.25, -0.2) is 4.79 Å². The average molecular weight is 355 g/mol. The molecule has 0 spiro atoms. The lowest BCUT2D eigenvalue weighted by atomic mass is 10.0. The molecule has 0 radical (unpaired) electrons. The molecule has 2 unspecified atom stereocenters. The van der Waals surface area contributed by atoms with Crippen LogP contribution < -0.4 is 5.32 Å². The molecule has 3 atom stereocenters. The molecular weight excluding hydrogens is 326 g/mol. The van der Waals surface area contributed by atoms with Crippen molar-refractivity contribution in [3.63, 3.8) is 0 Å². The number of hydrogen-bond donors (Lipinski definition) is 1. The summed E-state index contributed by atoms with van der Waals surface area (Å²) in [7, 11) is 1.41. The van der Waals surface area contributed by atoms with Crippen LogP contribution in [0.15, 0.2) is 60.7 Å². The largest absolute Gasteiger partial charge is 0.467 e. The summed E-state index contributed by atoms with van der Waals surface area (Å²) in [6, 6.07) is 20.1. The van der Waals surface area contributed by atoms with Crippen LogP contribution in [0.2, 0.25) is 0 Å². The van der Waals surface area contributed by atoms with Gasteiger partial charge in [0.1, 0.15) is 0 Å². The minimum atomic E-state index is -0.647. The highest BCUT2D eigenvalue weighted by Gasteiger charge is 2.30. The van der Waals surface area contributed by atoms with Crippen molar-refractivity contribution in [2.24, 2.45) is 0 Å². The molecule has 140 valence electrons. The summed E-state index contributed by atoms with van der Waals surface area (Å²) in [5.41, 5.74) is 2.22. The fourth-order valence-corrected chi connectivity index (χ4v) is 3.02. The highest BCUT2D eigenvalue weighted by Crippen LogP contribution is 2.18. The van der Waals surface area contributed by atoms with E-state index in [9.17, 15) is 4.79 Å². The number of hydrogen-bond acceptors (Lipinski definition) is 4. The Labute approximate surface area is 156 Å². The van der Waals surface area contributed by atoms with Gasteiger partial charge in [0.2, 0.25) is 0 Å². The maximum absolute atomic E-state index is 12.4. The first kappa shape index (κ1) is 20.1. The van der Waals surface area contributed by atoms with Gasteiger partial charge in [-0.2, -0.15) is 0 Å². The minimum absolute atomic E-state index is 0.111. The fourth-order valence-electron chi connectivity index (χ4n) is 3.02. The van der Waals surface area contributed by atoms with Crippen molar-refractivity contribution in [2.45, 2.75) is 51.5 Å². The van der Waals surface area contributed by atoms with E-state index in [1.807, 2.05) is 48.5 Å². The standard InChI is InChI=1S/C22H29NO3/c1-4-11-20(23-17(2)19-14-9-6-10-15-19)21(22(24)25-3)26-16-18-12-7-5-8-13-18/h5-10,12-15,17,20-21,23H,4,11,16H2,1-3H3/t17-,20?,21?/m0/s1. The second-order valence-electron chi connectivity index (χ2n) is 6.43. The van der Waals surface area contributed by atoms with Gasteiger partial charge in [0.05, 0.1) is 13.7 Å². The first-order chi connectivity index (χ1) is 12.7. The monoisotopic (exact) mass is 355 g/mol. The smallest absolute Gasteiger partial charge is 0.336 e. The molecule has 4 heteroatoms. The van der Waals surface area contributed by atoms with Gasteiger partial charge in [-0.3, -0.25) is 0 Å². The van der Waals surface area contributed by atoms with Crippen LogP contribution >= 0.6 is 0 Å². The zero-order chi connectivity index (χ0) is 18.8. The highest BCUT2D eigenvalue weighted by atomic mass is 16.6. The van der Waals surface area contributed by atoms with E-state index in [1.165, 1.54) is 12.7 Å². The summed E-state index contributed by atoms with van der Waals surface area (Å²) in [5.74, 6) is -0.341. The van der Waals surface area contributed by atoms with Crippen LogP contribution in [0.1, 0.15) is 43.9 Å². The molecule has 0 heterocycles. The van der Waals surface area contributed by atoms with E-state index < -0.39 is 6.10 Å². The number of ether oxygens (including phenoxy) is 2. The van der Waals surface area contributed by atoms with Gasteiger partial charge >= 0.3 is 5.97 Å². The molecule has 1 N–H and O–H groups in total. The Morgan fingerprint density at radius 2 is 1.65 bits per heavy atom. The molecule has 26 heavy (non-hydrogen) atoms. The van der Waals surface area contributed by atoms with Crippen LogP contribution in [-0.4, -0.2) is 25.2 Å². The molecule has 0 bridgehead atoms. The van der Waals surface area contributed by atoms with Crippen molar-refractivity contribution in [3.05, 3.63) is 71.8 Å². The van der Waals surface area contributed by atoms with Crippen molar-refractivity contribution >= 4 is 5.97 Å². The number of rotatable bonds is 10. The predicted molar refractivity (Wildman–Crippen MR) is 104 cm³/mol. The lowest BCUT2D eigenvalue weighted by Crippen LogP contribution is -2.47. The third kappa shape index (κ3) is 5.97. The number of nitrogens with one attached hydrogen (secondary N) is 1. The van der Waals surface area contributed by atoms with Gasteiger partial charge < -0.3 is 14.8 Å². The normalized spacial score (nSPS) is 14.4. The first-order valence-electron chi connectivity index (χ1n) is 9.20. The molecule has 2 aromatic carbocycles. The SMILES string of the molecule is CCCC(N[C@@H](C)c1ccccc1)C(OCc1ccccc1)C(=O)OC. The van der Waals surface area contributed by atoms with Gasteiger partial charge in [0, 0.05) is 12.1 Å². The maximum Gasteiger partial charge on any atom is 0.336 e. The number of methoxy groups -OCH3 is 1. The Hall–Kier alpha value is -2.17. The van der Waals surface area contributed by atoms with Gasteiger partial charge in [-0.05, 0) is 24.5 Å². The molecule has 2 rings (SSSR count). The van der Waals surface area contributed by atoms with Crippen LogP contribution in [0.5, 0.6) is 0 Å². The van der Waals surface area contributed by atoms with E-state index in [0.717, 1.165) is 18.4 Å². The van der Waals surface area contributed by atoms with E-state index in [1.54, 1.807) is 0 Å². The highest BCUT2D eigenvalue weighted by molar-refractivity contribution is 5.75. The molecule has 0 aliphatic carbocycles. The van der Waals surface area contributed by atoms with Crippen LogP contribution in [0.4, 0.5) is 0 Å². The van der Waals surface area contributed by atoms with Gasteiger partial charge in [-0.15, -0.1) is 0 Å². The number of esters is 1. The van der Waals surface area contributed by atoms with Crippen LogP contribution in [0, 0.1) is 0 Å². The second-order valence-corrected chi connectivity index (χ2v) is 6.43. The lowest BCUT2D eigenvalue weighted by Gasteiger charge is -2.29. The summed E-state index contributed by atoms with van der Waals surface area (Å²) < 4.78 is 11.0. The molecule has 0 saturated carbocycles. The zero-order valence-corrected chi connectivity index (χ0v) is 15.9. The summed E-state index contributed by atoms with van der Waals surface area (Å²) >= 11 is 0. The van der Waals surface area contributed by atoms with E-state index in [2.05, 4.69) is 31.3 Å². The van der Waals surface area contributed by atoms with Crippen molar-refractivity contribution in [2.75, 3.05) is 7.11 Å². The average Bonchev–Trinajstić information content (AvgIpc) is 2.69. The Kier molecular flexibility index (Phi) is 8.32.